The minimum atomic E-state index is -2.13. The van der Waals surface area contributed by atoms with Gasteiger partial charge in [-0.1, -0.05) is 33.1 Å². The first-order chi connectivity index (χ1) is 12.0. The number of rotatable bonds is 10. The van der Waals surface area contributed by atoms with Crippen LogP contribution in [0.1, 0.15) is 58.8 Å². The summed E-state index contributed by atoms with van der Waals surface area (Å²) in [6.07, 6.45) is 2.41. The molecule has 3 N–H and O–H groups in total. The van der Waals surface area contributed by atoms with Crippen LogP contribution in [0.3, 0.4) is 0 Å². The van der Waals surface area contributed by atoms with Gasteiger partial charge in [-0.25, -0.2) is 9.87 Å². The van der Waals surface area contributed by atoms with Crippen molar-refractivity contribution in [3.63, 3.8) is 0 Å². The fraction of sp³-hybridized carbons (Fsp3) is 0.824. The van der Waals surface area contributed by atoms with Crippen LogP contribution < -0.4 is 10.8 Å². The molecule has 0 bridgehead atoms. The number of likely N-dealkylation sites (tertiary alicyclic amines) is 1. The van der Waals surface area contributed by atoms with Crippen molar-refractivity contribution in [3.8, 4) is 0 Å². The van der Waals surface area contributed by atoms with Gasteiger partial charge >= 0.3 is 0 Å². The van der Waals surface area contributed by atoms with Gasteiger partial charge in [0.25, 0.3) is 5.91 Å². The molecule has 1 fully saturated rings. The van der Waals surface area contributed by atoms with E-state index in [2.05, 4.69) is 5.32 Å². The first kappa shape index (κ1) is 21.3. The Morgan fingerprint density at radius 2 is 1.92 bits per heavy atom. The minimum absolute atomic E-state index is 0.199. The van der Waals surface area contributed by atoms with Gasteiger partial charge in [0.1, 0.15) is 6.04 Å². The molecular weight excluding hydrogens is 329 g/mol. The molecule has 0 saturated carbocycles. The Balaban J connectivity index is 2.82. The van der Waals surface area contributed by atoms with Gasteiger partial charge in [0.15, 0.2) is 6.17 Å². The average molecular weight is 359 g/mol. The monoisotopic (exact) mass is 359 g/mol. The van der Waals surface area contributed by atoms with Crippen molar-refractivity contribution >= 4 is 17.7 Å². The third-order valence-electron chi connectivity index (χ3n) is 4.57. The molecule has 0 aliphatic carbocycles. The van der Waals surface area contributed by atoms with E-state index >= 15 is 0 Å². The van der Waals surface area contributed by atoms with E-state index in [9.17, 15) is 18.8 Å². The van der Waals surface area contributed by atoms with Gasteiger partial charge in [0, 0.05) is 13.1 Å². The van der Waals surface area contributed by atoms with Crippen molar-refractivity contribution in [2.45, 2.75) is 71.0 Å². The van der Waals surface area contributed by atoms with Crippen LogP contribution in [0.2, 0.25) is 0 Å². The number of carbonyl (C=O) groups is 3. The summed E-state index contributed by atoms with van der Waals surface area (Å²) in [5.74, 6) is -3.16. The van der Waals surface area contributed by atoms with Crippen molar-refractivity contribution in [2.75, 3.05) is 13.1 Å². The topological polar surface area (TPSA) is 98.7 Å². The van der Waals surface area contributed by atoms with Crippen LogP contribution in [0.4, 0.5) is 4.39 Å². The highest BCUT2D eigenvalue weighted by molar-refractivity contribution is 5.92. The van der Waals surface area contributed by atoms with E-state index in [0.29, 0.717) is 32.4 Å². The molecule has 0 unspecified atom stereocenters. The third kappa shape index (κ3) is 5.95. The van der Waals surface area contributed by atoms with Gasteiger partial charge in [0.05, 0.1) is 5.92 Å². The summed E-state index contributed by atoms with van der Waals surface area (Å²) >= 11 is 0. The van der Waals surface area contributed by atoms with Crippen LogP contribution >= 0.6 is 0 Å². The van der Waals surface area contributed by atoms with E-state index in [4.69, 9.17) is 5.21 Å². The van der Waals surface area contributed by atoms with Crippen LogP contribution in [0, 0.1) is 5.92 Å². The fourth-order valence-electron chi connectivity index (χ4n) is 3.09. The lowest BCUT2D eigenvalue weighted by Crippen LogP contribution is -2.51. The first-order valence-electron chi connectivity index (χ1n) is 9.14. The summed E-state index contributed by atoms with van der Waals surface area (Å²) in [7, 11) is 0. The summed E-state index contributed by atoms with van der Waals surface area (Å²) in [5, 5.41) is 11.5. The number of unbranched alkanes of at least 4 members (excludes halogenated alkanes) is 2. The lowest BCUT2D eigenvalue weighted by molar-refractivity contribution is -0.149. The number of alkyl halides is 1. The lowest BCUT2D eigenvalue weighted by atomic mass is 9.94. The van der Waals surface area contributed by atoms with Gasteiger partial charge in [0.2, 0.25) is 11.8 Å². The normalized spacial score (nSPS) is 19.4. The molecule has 0 aromatic rings. The molecule has 1 heterocycles. The summed E-state index contributed by atoms with van der Waals surface area (Å²) < 4.78 is 14.3. The Bertz CT molecular complexity index is 461. The second-order valence-corrected chi connectivity index (χ2v) is 6.46. The Kier molecular flexibility index (Phi) is 9.41. The number of carbonyl (C=O) groups excluding carboxylic acids is 3. The zero-order valence-electron chi connectivity index (χ0n) is 15.1. The quantitative estimate of drug-likeness (QED) is 0.313. The molecule has 0 aromatic carbocycles. The van der Waals surface area contributed by atoms with Crippen LogP contribution in [-0.2, 0) is 14.4 Å². The number of nitrogens with zero attached hydrogens (tertiary/aromatic N) is 1. The molecule has 3 atom stereocenters. The van der Waals surface area contributed by atoms with Gasteiger partial charge < -0.3 is 10.2 Å². The van der Waals surface area contributed by atoms with E-state index in [-0.39, 0.29) is 12.3 Å². The van der Waals surface area contributed by atoms with Crippen LogP contribution in [-0.4, -0.2) is 53.1 Å². The van der Waals surface area contributed by atoms with Gasteiger partial charge in [-0.05, 0) is 25.7 Å². The maximum Gasteiger partial charge on any atom is 0.278 e. The number of nitrogens with one attached hydrogen (secondary N) is 2. The number of hydrogen-bond acceptors (Lipinski definition) is 4. The Morgan fingerprint density at radius 3 is 2.52 bits per heavy atom. The molecule has 144 valence electrons. The molecule has 7 nitrogen and oxygen atoms in total. The summed E-state index contributed by atoms with van der Waals surface area (Å²) in [6, 6.07) is -0.613. The highest BCUT2D eigenvalue weighted by Crippen LogP contribution is 2.25. The Hall–Kier alpha value is -1.70. The van der Waals surface area contributed by atoms with Crippen molar-refractivity contribution in [1.82, 2.24) is 15.7 Å². The highest BCUT2D eigenvalue weighted by atomic mass is 19.1. The first-order valence-corrected chi connectivity index (χ1v) is 9.14. The van der Waals surface area contributed by atoms with E-state index < -0.39 is 29.9 Å². The van der Waals surface area contributed by atoms with Crippen LogP contribution in [0.5, 0.6) is 0 Å². The Labute approximate surface area is 148 Å². The standard InChI is InChI=1S/C17H30FN3O4/c1-3-5-8-12(14(18)16(23)20-25)17(24)21-11-7-9-13(21)15(22)19-10-6-4-2/h12-14,25H,3-11H2,1-2H3,(H,19,22)(H,20,23)/t12-,13+,14+/m1/s1. The second kappa shape index (κ2) is 11.0. The molecule has 0 aromatic heterocycles. The largest absolute Gasteiger partial charge is 0.354 e. The summed E-state index contributed by atoms with van der Waals surface area (Å²) in [6.45, 7) is 4.84. The third-order valence-corrected chi connectivity index (χ3v) is 4.57. The number of hydroxylamine groups is 1. The lowest BCUT2D eigenvalue weighted by Gasteiger charge is -2.29. The van der Waals surface area contributed by atoms with Crippen molar-refractivity contribution in [1.29, 1.82) is 0 Å². The molecule has 3 amide bonds. The Morgan fingerprint density at radius 1 is 1.24 bits per heavy atom. The number of halogens is 1. The van der Waals surface area contributed by atoms with Crippen molar-refractivity contribution in [2.24, 2.45) is 5.92 Å². The van der Waals surface area contributed by atoms with Gasteiger partial charge in [-0.3, -0.25) is 19.6 Å². The van der Waals surface area contributed by atoms with Gasteiger partial charge in [-0.15, -0.1) is 0 Å². The van der Waals surface area contributed by atoms with Crippen molar-refractivity contribution in [3.05, 3.63) is 0 Å². The maximum absolute atomic E-state index is 14.3. The molecular formula is C17H30FN3O4. The zero-order chi connectivity index (χ0) is 18.8. The van der Waals surface area contributed by atoms with E-state index in [1.165, 1.54) is 10.4 Å². The predicted molar refractivity (Wildman–Crippen MR) is 90.5 cm³/mol. The molecule has 25 heavy (non-hydrogen) atoms. The SMILES string of the molecule is CCCCNC(=O)[C@@H]1CCCN1C(=O)[C@H](CCCC)[C@H](F)C(=O)NO. The zero-order valence-corrected chi connectivity index (χ0v) is 15.1. The molecule has 0 spiro atoms. The summed E-state index contributed by atoms with van der Waals surface area (Å²) in [4.78, 5) is 37.9. The number of hydrogen-bond donors (Lipinski definition) is 3. The van der Waals surface area contributed by atoms with Gasteiger partial charge in [-0.2, -0.15) is 0 Å². The predicted octanol–water partition coefficient (Wildman–Crippen LogP) is 1.54. The van der Waals surface area contributed by atoms with Crippen molar-refractivity contribution < 1.29 is 24.0 Å². The minimum Gasteiger partial charge on any atom is -0.354 e. The van der Waals surface area contributed by atoms with Crippen LogP contribution in [0.15, 0.2) is 0 Å². The van der Waals surface area contributed by atoms with E-state index in [0.717, 1.165) is 19.3 Å². The molecule has 1 saturated heterocycles. The number of amides is 3. The fourth-order valence-corrected chi connectivity index (χ4v) is 3.09. The molecule has 0 radical (unpaired) electrons. The van der Waals surface area contributed by atoms with Crippen LogP contribution in [0.25, 0.3) is 0 Å². The smallest absolute Gasteiger partial charge is 0.278 e. The van der Waals surface area contributed by atoms with E-state index in [1.54, 1.807) is 0 Å². The molecule has 1 rings (SSSR count). The molecule has 1 aliphatic rings. The summed E-state index contributed by atoms with van der Waals surface area (Å²) in [5.41, 5.74) is 1.27. The average Bonchev–Trinajstić information content (AvgIpc) is 3.10. The molecule has 1 aliphatic heterocycles. The second-order valence-electron chi connectivity index (χ2n) is 6.46. The highest BCUT2D eigenvalue weighted by Gasteiger charge is 2.41. The maximum atomic E-state index is 14.3. The van der Waals surface area contributed by atoms with E-state index in [1.807, 2.05) is 13.8 Å². The molecule has 8 heteroatoms.